The average molecular weight is 113 g/mol. The molecule has 0 aromatic heterocycles. The Labute approximate surface area is 51.1 Å². The Morgan fingerprint density at radius 2 is 1.88 bits per heavy atom. The molecule has 2 heteroatoms. The summed E-state index contributed by atoms with van der Waals surface area (Å²) in [4.78, 5) is 0. The number of hydrogen-bond donors (Lipinski definition) is 2. The van der Waals surface area contributed by atoms with Crippen LogP contribution in [0, 0.1) is 0 Å². The molecule has 2 saturated heterocycles. The quantitative estimate of drug-likeness (QED) is 0.451. The smallest absolute Gasteiger partial charge is 0.122 e. The predicted octanol–water partition coefficient (Wildman–Crippen LogP) is -0.290. The minimum Gasteiger partial charge on any atom is -0.314 e. The second-order valence-corrected chi connectivity index (χ2v) is 2.73. The maximum atomic E-state index is 7.37. The van der Waals surface area contributed by atoms with Gasteiger partial charge in [-0.25, -0.2) is 0 Å². The molecule has 0 unspecified atom stereocenters. The van der Waals surface area contributed by atoms with Crippen LogP contribution < -0.4 is 10.6 Å². The molecule has 2 heterocycles. The molecule has 2 bridgehead atoms. The highest BCUT2D eigenvalue weighted by atomic mass is 15.1. The van der Waals surface area contributed by atoms with E-state index in [-0.39, 0.29) is 0 Å². The summed E-state index contributed by atoms with van der Waals surface area (Å²) >= 11 is 0. The lowest BCUT2D eigenvalue weighted by molar-refractivity contribution is 0.423. The van der Waals surface area contributed by atoms with Gasteiger partial charge in [-0.05, 0) is 12.8 Å². The Morgan fingerprint density at radius 1 is 1.25 bits per heavy atom. The van der Waals surface area contributed by atoms with E-state index in [0.717, 1.165) is 13.1 Å². The molecule has 0 amide bonds. The van der Waals surface area contributed by atoms with Gasteiger partial charge in [0.1, 0.15) is 1.41 Å². The zero-order valence-electron chi connectivity index (χ0n) is 5.93. The maximum Gasteiger partial charge on any atom is 0.122 e. The largest absolute Gasteiger partial charge is 0.314 e. The Kier molecular flexibility index (Phi) is 0.822. The molecular formula is C6H12N2. The summed E-state index contributed by atoms with van der Waals surface area (Å²) in [5.41, 5.74) is 0. The van der Waals surface area contributed by atoms with Crippen LogP contribution in [0.5, 0.6) is 0 Å². The number of hydrogen-bond acceptors (Lipinski definition) is 2. The van der Waals surface area contributed by atoms with Gasteiger partial charge in [-0.1, -0.05) is 0 Å². The van der Waals surface area contributed by atoms with Crippen LogP contribution in [0.3, 0.4) is 0 Å². The standard InChI is InChI=1S/C6H12N2/c1-2-6-4-7-3-5(1)8-6/h5-8H,1-4H2/t5-,6+/i/hD. The summed E-state index contributed by atoms with van der Waals surface area (Å²) in [6, 6.07) is 1.25. The summed E-state index contributed by atoms with van der Waals surface area (Å²) in [6.45, 7) is 1.85. The molecule has 2 aliphatic rings. The normalized spacial score (nSPS) is 49.2. The van der Waals surface area contributed by atoms with Crippen LogP contribution in [0.15, 0.2) is 0 Å². The summed E-state index contributed by atoms with van der Waals surface area (Å²) in [5, 5.41) is 5.14. The fourth-order valence-electron chi connectivity index (χ4n) is 1.58. The van der Waals surface area contributed by atoms with E-state index in [4.69, 9.17) is 1.41 Å². The molecule has 0 aromatic carbocycles. The van der Waals surface area contributed by atoms with E-state index in [1.807, 2.05) is 0 Å². The molecule has 0 aliphatic carbocycles. The third-order valence-corrected chi connectivity index (χ3v) is 2.03. The van der Waals surface area contributed by atoms with Gasteiger partial charge in [-0.2, -0.15) is 0 Å². The number of nitrogens with one attached hydrogen (secondary N) is 2. The van der Waals surface area contributed by atoms with Gasteiger partial charge in [-0.3, -0.25) is 0 Å². The van der Waals surface area contributed by atoms with Crippen molar-refractivity contribution in [3.63, 3.8) is 0 Å². The monoisotopic (exact) mass is 113 g/mol. The molecule has 2 fully saturated rings. The van der Waals surface area contributed by atoms with Gasteiger partial charge < -0.3 is 10.6 Å². The topological polar surface area (TPSA) is 24.1 Å². The van der Waals surface area contributed by atoms with E-state index in [9.17, 15) is 0 Å². The van der Waals surface area contributed by atoms with Crippen LogP contribution in [-0.4, -0.2) is 25.2 Å². The third-order valence-electron chi connectivity index (χ3n) is 2.03. The minimum atomic E-state index is 0.626. The Morgan fingerprint density at radius 3 is 2.50 bits per heavy atom. The molecule has 0 aromatic rings. The lowest BCUT2D eigenvalue weighted by atomic mass is 10.2. The first-order chi connectivity index (χ1) is 4.34. The molecule has 0 radical (unpaired) electrons. The van der Waals surface area contributed by atoms with Crippen LogP contribution in [0.1, 0.15) is 12.8 Å². The van der Waals surface area contributed by atoms with Gasteiger partial charge in [0, 0.05) is 25.2 Å². The van der Waals surface area contributed by atoms with Gasteiger partial charge >= 0.3 is 0 Å². The van der Waals surface area contributed by atoms with Crippen molar-refractivity contribution in [3.05, 3.63) is 0 Å². The number of rotatable bonds is 0. The highest BCUT2D eigenvalue weighted by molar-refractivity contribution is 4.90. The molecule has 2 nitrogen and oxygen atoms in total. The Hall–Kier alpha value is -0.0800. The van der Waals surface area contributed by atoms with Gasteiger partial charge in [0.25, 0.3) is 0 Å². The van der Waals surface area contributed by atoms with Crippen molar-refractivity contribution in [3.8, 4) is 0 Å². The first kappa shape index (κ1) is 3.85. The minimum absolute atomic E-state index is 0.626. The first-order valence-corrected chi connectivity index (χ1v) is 3.34. The van der Waals surface area contributed by atoms with Crippen molar-refractivity contribution in [1.82, 2.24) is 10.6 Å². The molecule has 8 heavy (non-hydrogen) atoms. The van der Waals surface area contributed by atoms with E-state index in [1.54, 1.807) is 5.31 Å². The molecule has 2 rings (SSSR count). The summed E-state index contributed by atoms with van der Waals surface area (Å²) in [7, 11) is 0. The van der Waals surface area contributed by atoms with E-state index in [2.05, 4.69) is 5.32 Å². The van der Waals surface area contributed by atoms with Crippen molar-refractivity contribution in [1.29, 1.82) is 0 Å². The Bertz CT molecular complexity index is 106. The summed E-state index contributed by atoms with van der Waals surface area (Å²) in [5.74, 6) is 0. The number of piperazine rings is 1. The average Bonchev–Trinajstić information content (AvgIpc) is 2.11. The third kappa shape index (κ3) is 0.644. The molecule has 2 N–H and O–H groups in total. The van der Waals surface area contributed by atoms with Crippen LogP contribution in [0.25, 0.3) is 0 Å². The molecule has 0 spiro atoms. The molecular weight excluding hydrogens is 100 g/mol. The van der Waals surface area contributed by atoms with E-state index in [0.29, 0.717) is 12.1 Å². The van der Waals surface area contributed by atoms with Gasteiger partial charge in [-0.15, -0.1) is 0 Å². The highest BCUT2D eigenvalue weighted by Gasteiger charge is 2.26. The number of fused-ring (bicyclic) bond motifs is 2. The van der Waals surface area contributed by atoms with Crippen molar-refractivity contribution in [2.45, 2.75) is 24.9 Å². The lowest BCUT2D eigenvalue weighted by Crippen LogP contribution is -2.48. The highest BCUT2D eigenvalue weighted by Crippen LogP contribution is 2.13. The zero-order valence-corrected chi connectivity index (χ0v) is 4.93. The van der Waals surface area contributed by atoms with Crippen molar-refractivity contribution in [2.75, 3.05) is 13.1 Å². The first-order valence-electron chi connectivity index (χ1n) is 3.79. The van der Waals surface area contributed by atoms with Crippen LogP contribution in [0.2, 0.25) is 1.41 Å². The van der Waals surface area contributed by atoms with Gasteiger partial charge in [0.2, 0.25) is 0 Å². The van der Waals surface area contributed by atoms with Crippen LogP contribution >= 0.6 is 0 Å². The fourth-order valence-corrected chi connectivity index (χ4v) is 1.58. The van der Waals surface area contributed by atoms with Crippen LogP contribution in [-0.2, 0) is 0 Å². The maximum absolute atomic E-state index is 7.37. The molecule has 2 aliphatic heterocycles. The second-order valence-electron chi connectivity index (χ2n) is 2.73. The van der Waals surface area contributed by atoms with E-state index >= 15 is 0 Å². The van der Waals surface area contributed by atoms with Crippen molar-refractivity contribution >= 4 is 0 Å². The predicted molar refractivity (Wildman–Crippen MR) is 32.8 cm³/mol. The van der Waals surface area contributed by atoms with Crippen molar-refractivity contribution in [2.24, 2.45) is 0 Å². The van der Waals surface area contributed by atoms with Crippen molar-refractivity contribution < 1.29 is 1.41 Å². The van der Waals surface area contributed by atoms with Gasteiger partial charge in [0.15, 0.2) is 0 Å². The van der Waals surface area contributed by atoms with Crippen LogP contribution in [0.4, 0.5) is 0 Å². The Balaban J connectivity index is 2.03. The summed E-state index contributed by atoms with van der Waals surface area (Å²) in [6.07, 6.45) is 2.56. The van der Waals surface area contributed by atoms with Gasteiger partial charge in [0.05, 0.1) is 0 Å². The second kappa shape index (κ2) is 1.71. The van der Waals surface area contributed by atoms with E-state index in [1.165, 1.54) is 12.8 Å². The molecule has 0 saturated carbocycles. The fraction of sp³-hybridized carbons (Fsp3) is 1.00. The SMILES string of the molecule is [2H]N1C[C@H]2CC[C@@H](C1)N2. The lowest BCUT2D eigenvalue weighted by Gasteiger charge is -2.21. The molecule has 2 atom stereocenters. The molecule has 46 valence electrons. The summed E-state index contributed by atoms with van der Waals surface area (Å²) < 4.78 is 7.37. The zero-order chi connectivity index (χ0) is 6.27. The van der Waals surface area contributed by atoms with E-state index < -0.39 is 0 Å².